The van der Waals surface area contributed by atoms with Gasteiger partial charge in [-0.1, -0.05) is 27.2 Å². The number of aryl methyl sites for hydroxylation is 1. The number of aromatic nitrogens is 1. The maximum Gasteiger partial charge on any atom is 0.214 e. The molecule has 0 aromatic carbocycles. The third kappa shape index (κ3) is 4.99. The van der Waals surface area contributed by atoms with Gasteiger partial charge in [-0.05, 0) is 50.2 Å². The molecule has 3 heteroatoms. The molecule has 2 rings (SSSR count). The number of pyridine rings is 1. The highest BCUT2D eigenvalue weighted by atomic mass is 16.5. The number of nitrogens with one attached hydrogen (secondary N) is 1. The smallest absolute Gasteiger partial charge is 0.214 e. The Labute approximate surface area is 129 Å². The lowest BCUT2D eigenvalue weighted by molar-refractivity contribution is 0.0856. The van der Waals surface area contributed by atoms with Crippen LogP contribution in [-0.4, -0.2) is 17.1 Å². The molecule has 0 saturated heterocycles. The average molecular weight is 290 g/mol. The van der Waals surface area contributed by atoms with E-state index in [4.69, 9.17) is 4.74 Å². The summed E-state index contributed by atoms with van der Waals surface area (Å²) in [5.74, 6) is 1.50. The normalized spacial score (nSPS) is 22.5. The van der Waals surface area contributed by atoms with Crippen LogP contribution in [-0.2, 0) is 6.54 Å². The van der Waals surface area contributed by atoms with Crippen LogP contribution in [0.2, 0.25) is 0 Å². The molecule has 1 N–H and O–H groups in total. The summed E-state index contributed by atoms with van der Waals surface area (Å²) in [6.45, 7) is 9.52. The second-order valence-electron chi connectivity index (χ2n) is 6.60. The van der Waals surface area contributed by atoms with E-state index in [9.17, 15) is 0 Å². The Kier molecular flexibility index (Phi) is 6.04. The van der Waals surface area contributed by atoms with Crippen LogP contribution in [0.5, 0.6) is 5.88 Å². The summed E-state index contributed by atoms with van der Waals surface area (Å²) in [6, 6.07) is 4.73. The zero-order valence-electron chi connectivity index (χ0n) is 14.0. The van der Waals surface area contributed by atoms with E-state index in [1.54, 1.807) is 0 Å². The van der Waals surface area contributed by atoms with Crippen molar-refractivity contribution in [3.05, 3.63) is 23.4 Å². The first-order chi connectivity index (χ1) is 10.1. The Morgan fingerprint density at radius 1 is 1.29 bits per heavy atom. The molecule has 1 fully saturated rings. The van der Waals surface area contributed by atoms with Crippen molar-refractivity contribution in [1.82, 2.24) is 10.3 Å². The molecular weight excluding hydrogens is 260 g/mol. The molecule has 0 aliphatic heterocycles. The molecule has 1 saturated carbocycles. The van der Waals surface area contributed by atoms with Gasteiger partial charge in [-0.2, -0.15) is 0 Å². The third-order valence-electron chi connectivity index (χ3n) is 4.34. The van der Waals surface area contributed by atoms with E-state index in [2.05, 4.69) is 43.2 Å². The fourth-order valence-corrected chi connectivity index (χ4v) is 3.14. The fourth-order valence-electron chi connectivity index (χ4n) is 3.14. The lowest BCUT2D eigenvalue weighted by Gasteiger charge is -2.31. The molecule has 0 spiro atoms. The third-order valence-corrected chi connectivity index (χ3v) is 4.34. The van der Waals surface area contributed by atoms with Crippen LogP contribution in [0.3, 0.4) is 0 Å². The summed E-state index contributed by atoms with van der Waals surface area (Å²) in [5.41, 5.74) is 2.30. The maximum atomic E-state index is 6.25. The minimum Gasteiger partial charge on any atom is -0.474 e. The predicted octanol–water partition coefficient (Wildman–Crippen LogP) is 4.24. The number of nitrogens with zero attached hydrogens (tertiary/aromatic N) is 1. The summed E-state index contributed by atoms with van der Waals surface area (Å²) in [7, 11) is 0. The van der Waals surface area contributed by atoms with Gasteiger partial charge in [0.25, 0.3) is 0 Å². The zero-order valence-corrected chi connectivity index (χ0v) is 14.0. The van der Waals surface area contributed by atoms with Crippen LogP contribution in [0.15, 0.2) is 12.1 Å². The highest BCUT2D eigenvalue weighted by Crippen LogP contribution is 2.30. The molecule has 0 amide bonds. The molecule has 2 atom stereocenters. The molecule has 118 valence electrons. The van der Waals surface area contributed by atoms with Gasteiger partial charge in [0.15, 0.2) is 0 Å². The molecule has 0 radical (unpaired) electrons. The van der Waals surface area contributed by atoms with Gasteiger partial charge in [-0.3, -0.25) is 0 Å². The second-order valence-corrected chi connectivity index (χ2v) is 6.60. The topological polar surface area (TPSA) is 34.1 Å². The Bertz CT molecular complexity index is 445. The van der Waals surface area contributed by atoms with Crippen molar-refractivity contribution in [2.45, 2.75) is 78.5 Å². The Balaban J connectivity index is 2.04. The number of hydrogen-bond donors (Lipinski definition) is 1. The van der Waals surface area contributed by atoms with Crippen molar-refractivity contribution in [3.8, 4) is 5.88 Å². The molecule has 1 aromatic heterocycles. The summed E-state index contributed by atoms with van der Waals surface area (Å²) in [4.78, 5) is 4.57. The quantitative estimate of drug-likeness (QED) is 0.851. The van der Waals surface area contributed by atoms with Crippen molar-refractivity contribution in [3.63, 3.8) is 0 Å². The van der Waals surface area contributed by atoms with Gasteiger partial charge in [0.1, 0.15) is 6.10 Å². The first kappa shape index (κ1) is 16.3. The largest absolute Gasteiger partial charge is 0.474 e. The first-order valence-electron chi connectivity index (χ1n) is 8.46. The number of rotatable bonds is 6. The standard InChI is InChI=1S/C18H30N2O/c1-5-16-8-6-7-9-17(16)21-18-11-15(10-14(4)20-18)12-19-13(2)3/h10-11,13,16-17,19H,5-9,12H2,1-4H3. The molecule has 0 bridgehead atoms. The van der Waals surface area contributed by atoms with Crippen LogP contribution in [0, 0.1) is 12.8 Å². The van der Waals surface area contributed by atoms with Crippen molar-refractivity contribution in [1.29, 1.82) is 0 Å². The van der Waals surface area contributed by atoms with Crippen molar-refractivity contribution < 1.29 is 4.74 Å². The highest BCUT2D eigenvalue weighted by Gasteiger charge is 2.25. The van der Waals surface area contributed by atoms with E-state index in [1.165, 1.54) is 37.7 Å². The molecular formula is C18H30N2O. The Morgan fingerprint density at radius 2 is 2.05 bits per heavy atom. The summed E-state index contributed by atoms with van der Waals surface area (Å²) in [5, 5.41) is 3.46. The second kappa shape index (κ2) is 7.79. The Morgan fingerprint density at radius 3 is 2.76 bits per heavy atom. The molecule has 1 aromatic rings. The van der Waals surface area contributed by atoms with E-state index < -0.39 is 0 Å². The molecule has 2 unspecified atom stereocenters. The van der Waals surface area contributed by atoms with Gasteiger partial charge in [0, 0.05) is 24.3 Å². The molecule has 1 aliphatic rings. The number of ether oxygens (including phenoxy) is 1. The van der Waals surface area contributed by atoms with Crippen LogP contribution in [0.1, 0.15) is 64.1 Å². The minimum absolute atomic E-state index is 0.351. The average Bonchev–Trinajstić information content (AvgIpc) is 2.45. The highest BCUT2D eigenvalue weighted by molar-refractivity contribution is 5.25. The van der Waals surface area contributed by atoms with Crippen LogP contribution < -0.4 is 10.1 Å². The molecule has 1 aliphatic carbocycles. The lowest BCUT2D eigenvalue weighted by Crippen LogP contribution is -2.30. The van der Waals surface area contributed by atoms with Crippen LogP contribution >= 0.6 is 0 Å². The van der Waals surface area contributed by atoms with Gasteiger partial charge in [0.2, 0.25) is 5.88 Å². The van der Waals surface area contributed by atoms with Crippen molar-refractivity contribution in [2.24, 2.45) is 5.92 Å². The van der Waals surface area contributed by atoms with Gasteiger partial charge in [0.05, 0.1) is 0 Å². The predicted molar refractivity (Wildman–Crippen MR) is 87.6 cm³/mol. The van der Waals surface area contributed by atoms with Crippen LogP contribution in [0.25, 0.3) is 0 Å². The van der Waals surface area contributed by atoms with Crippen molar-refractivity contribution in [2.75, 3.05) is 0 Å². The number of hydrogen-bond acceptors (Lipinski definition) is 3. The summed E-state index contributed by atoms with van der Waals surface area (Å²) in [6.07, 6.45) is 6.67. The van der Waals surface area contributed by atoms with Gasteiger partial charge in [-0.25, -0.2) is 4.98 Å². The molecule has 1 heterocycles. The summed E-state index contributed by atoms with van der Waals surface area (Å²) >= 11 is 0. The van der Waals surface area contributed by atoms with Gasteiger partial charge in [-0.15, -0.1) is 0 Å². The van der Waals surface area contributed by atoms with E-state index in [0.717, 1.165) is 18.1 Å². The van der Waals surface area contributed by atoms with E-state index in [0.29, 0.717) is 18.1 Å². The maximum absolute atomic E-state index is 6.25. The van der Waals surface area contributed by atoms with Gasteiger partial charge >= 0.3 is 0 Å². The van der Waals surface area contributed by atoms with Crippen molar-refractivity contribution >= 4 is 0 Å². The molecule has 21 heavy (non-hydrogen) atoms. The van der Waals surface area contributed by atoms with Crippen LogP contribution in [0.4, 0.5) is 0 Å². The summed E-state index contributed by atoms with van der Waals surface area (Å²) < 4.78 is 6.25. The SMILES string of the molecule is CCC1CCCCC1Oc1cc(CNC(C)C)cc(C)n1. The van der Waals surface area contributed by atoms with Gasteiger partial charge < -0.3 is 10.1 Å². The lowest BCUT2D eigenvalue weighted by atomic mass is 9.85. The minimum atomic E-state index is 0.351. The van der Waals surface area contributed by atoms with E-state index in [1.807, 2.05) is 6.92 Å². The fraction of sp³-hybridized carbons (Fsp3) is 0.722. The molecule has 3 nitrogen and oxygen atoms in total. The van der Waals surface area contributed by atoms with E-state index in [-0.39, 0.29) is 0 Å². The monoisotopic (exact) mass is 290 g/mol. The Hall–Kier alpha value is -1.09. The zero-order chi connectivity index (χ0) is 15.2. The van der Waals surface area contributed by atoms with E-state index >= 15 is 0 Å². The first-order valence-corrected chi connectivity index (χ1v) is 8.46.